The van der Waals surface area contributed by atoms with E-state index in [1.54, 1.807) is 0 Å². The maximum Gasteiger partial charge on any atom is 0.231 e. The molecule has 0 spiro atoms. The van der Waals surface area contributed by atoms with E-state index in [1.807, 2.05) is 40.8 Å². The zero-order chi connectivity index (χ0) is 21.9. The van der Waals surface area contributed by atoms with Crippen molar-refractivity contribution in [3.63, 3.8) is 0 Å². The molecule has 0 atom stereocenters. The van der Waals surface area contributed by atoms with Crippen molar-refractivity contribution < 1.29 is 9.47 Å². The first-order chi connectivity index (χ1) is 15.6. The number of likely N-dealkylation sites (N-methyl/N-ethyl adjacent to an activating group) is 1. The van der Waals surface area contributed by atoms with E-state index in [9.17, 15) is 0 Å². The topological polar surface area (TPSA) is 57.3 Å². The summed E-state index contributed by atoms with van der Waals surface area (Å²) in [6.07, 6.45) is 7.13. The van der Waals surface area contributed by atoms with Gasteiger partial charge in [-0.3, -0.25) is 9.36 Å². The van der Waals surface area contributed by atoms with Crippen LogP contribution in [0.25, 0.3) is 11.3 Å². The summed E-state index contributed by atoms with van der Waals surface area (Å²) in [7, 11) is 4.10. The van der Waals surface area contributed by atoms with Crippen LogP contribution in [0.5, 0.6) is 11.5 Å². The molecule has 1 aliphatic heterocycles. The summed E-state index contributed by atoms with van der Waals surface area (Å²) in [6.45, 7) is 2.75. The van der Waals surface area contributed by atoms with Crippen LogP contribution in [0, 0.1) is 0 Å². The average Bonchev–Trinajstić information content (AvgIpc) is 3.52. The van der Waals surface area contributed by atoms with Crippen LogP contribution in [0.15, 0.2) is 67.1 Å². The van der Waals surface area contributed by atoms with Crippen molar-refractivity contribution in [2.24, 2.45) is 7.05 Å². The zero-order valence-electron chi connectivity index (χ0n) is 18.4. The molecule has 0 saturated heterocycles. The van der Waals surface area contributed by atoms with Crippen LogP contribution in [0.2, 0.25) is 0 Å². The van der Waals surface area contributed by atoms with Crippen molar-refractivity contribution in [1.29, 1.82) is 0 Å². The Morgan fingerprint density at radius 3 is 2.66 bits per heavy atom. The van der Waals surface area contributed by atoms with Crippen LogP contribution in [-0.2, 0) is 26.6 Å². The van der Waals surface area contributed by atoms with Crippen LogP contribution >= 0.6 is 0 Å². The number of ether oxygens (including phenoxy) is 2. The first-order valence-electron chi connectivity index (χ1n) is 10.8. The van der Waals surface area contributed by atoms with E-state index >= 15 is 0 Å². The van der Waals surface area contributed by atoms with Crippen LogP contribution in [0.1, 0.15) is 16.7 Å². The summed E-state index contributed by atoms with van der Waals surface area (Å²) in [5, 5.41) is 9.22. The van der Waals surface area contributed by atoms with Gasteiger partial charge in [0.05, 0.1) is 18.4 Å². The van der Waals surface area contributed by atoms with Gasteiger partial charge in [-0.15, -0.1) is 0 Å². The van der Waals surface area contributed by atoms with Gasteiger partial charge in [-0.2, -0.15) is 10.2 Å². The number of rotatable bonds is 8. The molecule has 0 fully saturated rings. The number of benzene rings is 2. The third kappa shape index (κ3) is 4.53. The predicted molar refractivity (Wildman–Crippen MR) is 123 cm³/mol. The second-order valence-electron chi connectivity index (χ2n) is 8.26. The molecule has 7 nitrogen and oxygen atoms in total. The summed E-state index contributed by atoms with van der Waals surface area (Å²) < 4.78 is 15.0. The van der Waals surface area contributed by atoms with Crippen LogP contribution in [0.4, 0.5) is 0 Å². The van der Waals surface area contributed by atoms with Crippen molar-refractivity contribution in [2.75, 3.05) is 20.4 Å². The first kappa shape index (κ1) is 20.3. The molecule has 0 aliphatic carbocycles. The number of aryl methyl sites for hydroxylation is 1. The van der Waals surface area contributed by atoms with Crippen LogP contribution < -0.4 is 9.47 Å². The van der Waals surface area contributed by atoms with E-state index in [1.165, 1.54) is 16.7 Å². The van der Waals surface area contributed by atoms with Gasteiger partial charge in [0.2, 0.25) is 6.79 Å². The van der Waals surface area contributed by atoms with Gasteiger partial charge in [-0.05, 0) is 42.8 Å². The molecule has 0 amide bonds. The minimum Gasteiger partial charge on any atom is -0.454 e. The lowest BCUT2D eigenvalue weighted by atomic mass is 10.1. The molecule has 0 unspecified atom stereocenters. The Hall–Kier alpha value is -3.58. The molecule has 2 aromatic carbocycles. The Balaban J connectivity index is 1.39. The smallest absolute Gasteiger partial charge is 0.231 e. The Morgan fingerprint density at radius 1 is 1.00 bits per heavy atom. The molecule has 7 heteroatoms. The molecule has 0 saturated carbocycles. The second kappa shape index (κ2) is 8.88. The van der Waals surface area contributed by atoms with Crippen LogP contribution in [-0.4, -0.2) is 44.8 Å². The van der Waals surface area contributed by atoms with E-state index < -0.39 is 0 Å². The summed E-state index contributed by atoms with van der Waals surface area (Å²) in [5.74, 6) is 1.56. The first-order valence-corrected chi connectivity index (χ1v) is 10.8. The minimum absolute atomic E-state index is 0.269. The van der Waals surface area contributed by atoms with E-state index in [-0.39, 0.29) is 6.79 Å². The van der Waals surface area contributed by atoms with Gasteiger partial charge in [-0.25, -0.2) is 0 Å². The third-order valence-electron chi connectivity index (χ3n) is 5.65. The summed E-state index contributed by atoms with van der Waals surface area (Å²) in [5.41, 5.74) is 5.68. The Labute approximate surface area is 187 Å². The highest BCUT2D eigenvalue weighted by atomic mass is 16.7. The number of aromatic nitrogens is 4. The van der Waals surface area contributed by atoms with E-state index in [2.05, 4.69) is 59.8 Å². The standard InChI is InChI=1S/C25H27N5O2/c1-28(11-10-20-13-26-29(2)14-20)16-22-17-30(15-19-6-4-3-5-7-19)27-25(22)21-8-9-23-24(12-21)32-18-31-23/h3-9,12-14,17H,10-11,15-16,18H2,1-2H3. The van der Waals surface area contributed by atoms with Gasteiger partial charge >= 0.3 is 0 Å². The van der Waals surface area contributed by atoms with Crippen molar-refractivity contribution >= 4 is 0 Å². The molecule has 0 bridgehead atoms. The molecule has 2 aromatic heterocycles. The van der Waals surface area contributed by atoms with Crippen molar-refractivity contribution in [3.05, 3.63) is 83.8 Å². The SMILES string of the molecule is CN(CCc1cnn(C)c1)Cc1cn(Cc2ccccc2)nc1-c1ccc2c(c1)OCO2. The average molecular weight is 430 g/mol. The van der Waals surface area contributed by atoms with Gasteiger partial charge < -0.3 is 14.4 Å². The summed E-state index contributed by atoms with van der Waals surface area (Å²) >= 11 is 0. The maximum absolute atomic E-state index is 5.60. The molecular weight excluding hydrogens is 402 g/mol. The summed E-state index contributed by atoms with van der Waals surface area (Å²) in [4.78, 5) is 2.33. The monoisotopic (exact) mass is 429 g/mol. The number of fused-ring (bicyclic) bond motifs is 1. The molecule has 0 N–H and O–H groups in total. The highest BCUT2D eigenvalue weighted by Crippen LogP contribution is 2.36. The van der Waals surface area contributed by atoms with Crippen molar-refractivity contribution in [2.45, 2.75) is 19.5 Å². The van der Waals surface area contributed by atoms with Crippen molar-refractivity contribution in [3.8, 4) is 22.8 Å². The molecular formula is C25H27N5O2. The van der Waals surface area contributed by atoms with Crippen LogP contribution in [0.3, 0.4) is 0 Å². The van der Waals surface area contributed by atoms with Gasteiger partial charge in [0, 0.05) is 43.7 Å². The molecule has 32 heavy (non-hydrogen) atoms. The quantitative estimate of drug-likeness (QED) is 0.427. The lowest BCUT2D eigenvalue weighted by Crippen LogP contribution is -2.20. The number of nitrogens with zero attached hydrogens (tertiary/aromatic N) is 5. The fourth-order valence-electron chi connectivity index (χ4n) is 4.01. The highest BCUT2D eigenvalue weighted by molar-refractivity contribution is 5.67. The van der Waals surface area contributed by atoms with E-state index in [4.69, 9.17) is 14.6 Å². The van der Waals surface area contributed by atoms with E-state index in [0.717, 1.165) is 48.8 Å². The fraction of sp³-hybridized carbons (Fsp3) is 0.280. The largest absolute Gasteiger partial charge is 0.454 e. The molecule has 5 rings (SSSR count). The van der Waals surface area contributed by atoms with Gasteiger partial charge in [-0.1, -0.05) is 30.3 Å². The second-order valence-corrected chi connectivity index (χ2v) is 8.26. The van der Waals surface area contributed by atoms with Gasteiger partial charge in [0.1, 0.15) is 0 Å². The lowest BCUT2D eigenvalue weighted by Gasteiger charge is -2.16. The number of hydrogen-bond donors (Lipinski definition) is 0. The van der Waals surface area contributed by atoms with Gasteiger partial charge in [0.15, 0.2) is 11.5 Å². The Bertz CT molecular complexity index is 1200. The molecule has 4 aromatic rings. The fourth-order valence-corrected chi connectivity index (χ4v) is 4.01. The third-order valence-corrected chi connectivity index (χ3v) is 5.65. The molecule has 0 radical (unpaired) electrons. The minimum atomic E-state index is 0.269. The normalized spacial score (nSPS) is 12.6. The predicted octanol–water partition coefficient (Wildman–Crippen LogP) is 3.74. The lowest BCUT2D eigenvalue weighted by molar-refractivity contribution is 0.174. The Morgan fingerprint density at radius 2 is 1.84 bits per heavy atom. The highest BCUT2D eigenvalue weighted by Gasteiger charge is 2.18. The maximum atomic E-state index is 5.60. The Kier molecular flexibility index (Phi) is 5.64. The van der Waals surface area contributed by atoms with E-state index in [0.29, 0.717) is 0 Å². The zero-order valence-corrected chi connectivity index (χ0v) is 18.4. The summed E-state index contributed by atoms with van der Waals surface area (Å²) in [6, 6.07) is 16.5. The molecule has 1 aliphatic rings. The van der Waals surface area contributed by atoms with Crippen molar-refractivity contribution in [1.82, 2.24) is 24.5 Å². The molecule has 164 valence electrons. The van der Waals surface area contributed by atoms with Gasteiger partial charge in [0.25, 0.3) is 0 Å². The molecule has 3 heterocycles. The number of hydrogen-bond acceptors (Lipinski definition) is 5.